The Hall–Kier alpha value is -0.670. The molecule has 13 heavy (non-hydrogen) atoms. The Morgan fingerprint density at radius 3 is 2.69 bits per heavy atom. The summed E-state index contributed by atoms with van der Waals surface area (Å²) in [5.74, 6) is -0.116. The highest BCUT2D eigenvalue weighted by Crippen LogP contribution is 2.34. The maximum atomic E-state index is 5.71. The molecule has 2 nitrogen and oxygen atoms in total. The van der Waals surface area contributed by atoms with E-state index in [1.807, 2.05) is 18.4 Å². The van der Waals surface area contributed by atoms with Crippen LogP contribution in [0.4, 0.5) is 0 Å². The molecule has 0 fully saturated rings. The van der Waals surface area contributed by atoms with Crippen molar-refractivity contribution < 1.29 is 9.47 Å². The van der Waals surface area contributed by atoms with Crippen LogP contribution in [0.25, 0.3) is 0 Å². The van der Waals surface area contributed by atoms with Gasteiger partial charge in [-0.2, -0.15) is 0 Å². The highest BCUT2D eigenvalue weighted by atomic mass is 35.5. The van der Waals surface area contributed by atoms with E-state index in [9.17, 15) is 0 Å². The van der Waals surface area contributed by atoms with Crippen LogP contribution in [0.1, 0.15) is 17.4 Å². The van der Waals surface area contributed by atoms with Gasteiger partial charge in [-0.25, -0.2) is 0 Å². The van der Waals surface area contributed by atoms with Crippen LogP contribution in [0.3, 0.4) is 0 Å². The van der Waals surface area contributed by atoms with E-state index in [4.69, 9.17) is 21.1 Å². The summed E-state index contributed by atoms with van der Waals surface area (Å²) in [6.07, 6.45) is 3.11. The van der Waals surface area contributed by atoms with Crippen LogP contribution in [0.5, 0.6) is 0 Å². The van der Waals surface area contributed by atoms with E-state index in [1.54, 1.807) is 23.9 Å². The van der Waals surface area contributed by atoms with Crippen molar-refractivity contribution in [2.45, 2.75) is 18.6 Å². The van der Waals surface area contributed by atoms with Gasteiger partial charge in [0.1, 0.15) is 12.5 Å². The molecule has 1 aromatic rings. The molecule has 2 rings (SSSR count). The molecule has 0 aromatic carbocycles. The molecular weight excluding hydrogens is 208 g/mol. The highest BCUT2D eigenvalue weighted by Gasteiger charge is 2.32. The third-order valence-electron chi connectivity index (χ3n) is 1.95. The van der Waals surface area contributed by atoms with Gasteiger partial charge in [-0.05, 0) is 6.07 Å². The Balaban J connectivity index is 2.24. The molecule has 0 amide bonds. The highest BCUT2D eigenvalue weighted by molar-refractivity contribution is 7.10. The summed E-state index contributed by atoms with van der Waals surface area (Å²) in [4.78, 5) is 1.12. The Morgan fingerprint density at radius 1 is 1.46 bits per heavy atom. The molecule has 4 heteroatoms. The second-order valence-electron chi connectivity index (χ2n) is 2.89. The lowest BCUT2D eigenvalue weighted by molar-refractivity contribution is -0.132. The summed E-state index contributed by atoms with van der Waals surface area (Å²) in [6.45, 7) is 1.88. The van der Waals surface area contributed by atoms with E-state index in [-0.39, 0.29) is 0 Å². The predicted molar refractivity (Wildman–Crippen MR) is 52.5 cm³/mol. The maximum Gasteiger partial charge on any atom is 0.274 e. The molecule has 0 bridgehead atoms. The van der Waals surface area contributed by atoms with E-state index in [0.29, 0.717) is 5.88 Å². The van der Waals surface area contributed by atoms with Gasteiger partial charge in [0, 0.05) is 22.7 Å². The van der Waals surface area contributed by atoms with Gasteiger partial charge in [-0.15, -0.1) is 22.9 Å². The molecule has 0 saturated carbocycles. The number of thiophene rings is 1. The van der Waals surface area contributed by atoms with Crippen molar-refractivity contribution in [3.63, 3.8) is 0 Å². The first-order chi connectivity index (χ1) is 6.24. The van der Waals surface area contributed by atoms with Crippen molar-refractivity contribution >= 4 is 22.9 Å². The maximum absolute atomic E-state index is 5.71. The third-order valence-corrected chi connectivity index (χ3v) is 3.33. The summed E-state index contributed by atoms with van der Waals surface area (Å²) >= 11 is 7.32. The number of hydrogen-bond donors (Lipinski definition) is 0. The monoisotopic (exact) mass is 216 g/mol. The molecule has 0 saturated heterocycles. The summed E-state index contributed by atoms with van der Waals surface area (Å²) < 4.78 is 10.7. The average Bonchev–Trinajstić information content (AvgIpc) is 2.72. The largest absolute Gasteiger partial charge is 0.453 e. The van der Waals surface area contributed by atoms with Gasteiger partial charge in [-0.3, -0.25) is 0 Å². The van der Waals surface area contributed by atoms with Crippen LogP contribution in [0.2, 0.25) is 0 Å². The number of alkyl halides is 1. The predicted octanol–water partition coefficient (Wildman–Crippen LogP) is 3.18. The first-order valence-electron chi connectivity index (χ1n) is 3.89. The summed E-state index contributed by atoms with van der Waals surface area (Å²) in [5.41, 5.74) is 1.01. The standard InChI is InChI=1S/C9H9ClO2S/c1-9(11-2-3-12-9)7-4-8(5-10)13-6-7/h2-4,6H,5H2,1H3. The summed E-state index contributed by atoms with van der Waals surface area (Å²) in [6, 6.07) is 2.00. The Bertz CT molecular complexity index is 324. The van der Waals surface area contributed by atoms with Crippen LogP contribution < -0.4 is 0 Å². The van der Waals surface area contributed by atoms with Gasteiger partial charge in [0.25, 0.3) is 5.79 Å². The SMILES string of the molecule is CC1(c2csc(CCl)c2)OC=CO1. The average molecular weight is 217 g/mol. The molecule has 70 valence electrons. The molecule has 1 aliphatic rings. The molecular formula is C9H9ClO2S. The van der Waals surface area contributed by atoms with E-state index in [2.05, 4.69) is 0 Å². The fourth-order valence-corrected chi connectivity index (χ4v) is 2.25. The molecule has 0 spiro atoms. The minimum atomic E-state index is -0.652. The van der Waals surface area contributed by atoms with E-state index in [1.165, 1.54) is 0 Å². The summed E-state index contributed by atoms with van der Waals surface area (Å²) in [7, 11) is 0. The topological polar surface area (TPSA) is 18.5 Å². The van der Waals surface area contributed by atoms with Crippen LogP contribution in [0.15, 0.2) is 24.0 Å². The second kappa shape index (κ2) is 3.24. The van der Waals surface area contributed by atoms with Crippen LogP contribution in [0, 0.1) is 0 Å². The van der Waals surface area contributed by atoms with Crippen LogP contribution >= 0.6 is 22.9 Å². The lowest BCUT2D eigenvalue weighted by Gasteiger charge is -2.21. The zero-order valence-electron chi connectivity index (χ0n) is 7.12. The van der Waals surface area contributed by atoms with Gasteiger partial charge in [0.15, 0.2) is 0 Å². The van der Waals surface area contributed by atoms with E-state index < -0.39 is 5.79 Å². The first-order valence-corrected chi connectivity index (χ1v) is 5.30. The number of ether oxygens (including phenoxy) is 2. The van der Waals surface area contributed by atoms with E-state index >= 15 is 0 Å². The molecule has 1 aliphatic heterocycles. The second-order valence-corrected chi connectivity index (χ2v) is 4.15. The first kappa shape index (κ1) is 8.91. The summed E-state index contributed by atoms with van der Waals surface area (Å²) in [5, 5.41) is 2.00. The number of rotatable bonds is 2. The third kappa shape index (κ3) is 1.54. The van der Waals surface area contributed by atoms with Gasteiger partial charge in [0.05, 0.1) is 5.88 Å². The zero-order chi connectivity index (χ0) is 9.31. The van der Waals surface area contributed by atoms with Crippen molar-refractivity contribution in [1.29, 1.82) is 0 Å². The molecule has 0 unspecified atom stereocenters. The number of hydrogen-bond acceptors (Lipinski definition) is 3. The minimum absolute atomic E-state index is 0.536. The quantitative estimate of drug-likeness (QED) is 0.707. The van der Waals surface area contributed by atoms with Crippen molar-refractivity contribution in [3.8, 4) is 0 Å². The molecule has 2 heterocycles. The number of halogens is 1. The Labute approximate surface area is 85.7 Å². The molecule has 0 radical (unpaired) electrons. The zero-order valence-corrected chi connectivity index (χ0v) is 8.69. The molecule has 1 aromatic heterocycles. The van der Waals surface area contributed by atoms with Gasteiger partial charge in [0.2, 0.25) is 0 Å². The van der Waals surface area contributed by atoms with Gasteiger partial charge >= 0.3 is 0 Å². The van der Waals surface area contributed by atoms with Crippen molar-refractivity contribution in [3.05, 3.63) is 34.4 Å². The van der Waals surface area contributed by atoms with Crippen molar-refractivity contribution in [1.82, 2.24) is 0 Å². The lowest BCUT2D eigenvalue weighted by Crippen LogP contribution is -2.21. The van der Waals surface area contributed by atoms with Crippen LogP contribution in [-0.4, -0.2) is 0 Å². The molecule has 0 N–H and O–H groups in total. The lowest BCUT2D eigenvalue weighted by atomic mass is 10.1. The minimum Gasteiger partial charge on any atom is -0.453 e. The van der Waals surface area contributed by atoms with Crippen molar-refractivity contribution in [2.75, 3.05) is 0 Å². The Morgan fingerprint density at radius 2 is 2.15 bits per heavy atom. The van der Waals surface area contributed by atoms with Gasteiger partial charge < -0.3 is 9.47 Å². The molecule has 0 aliphatic carbocycles. The Kier molecular flexibility index (Phi) is 2.22. The fraction of sp³-hybridized carbons (Fsp3) is 0.333. The fourth-order valence-electron chi connectivity index (χ4n) is 1.17. The normalized spacial score (nSPS) is 18.3. The van der Waals surface area contributed by atoms with Crippen molar-refractivity contribution in [2.24, 2.45) is 0 Å². The smallest absolute Gasteiger partial charge is 0.274 e. The van der Waals surface area contributed by atoms with Crippen LogP contribution in [-0.2, 0) is 21.1 Å². The van der Waals surface area contributed by atoms with Gasteiger partial charge in [-0.1, -0.05) is 0 Å². The van der Waals surface area contributed by atoms with E-state index in [0.717, 1.165) is 10.4 Å². The molecule has 0 atom stereocenters.